The monoisotopic (exact) mass is 480 g/mol. The van der Waals surface area contributed by atoms with E-state index in [1.54, 1.807) is 4.68 Å². The van der Waals surface area contributed by atoms with Gasteiger partial charge in [0.05, 0.1) is 39.9 Å². The highest BCUT2D eigenvalue weighted by Crippen LogP contribution is 2.33. The number of aromatic nitrogens is 3. The molecular formula is C26H32N4O3S. The van der Waals surface area contributed by atoms with Crippen molar-refractivity contribution in [1.82, 2.24) is 19.7 Å². The van der Waals surface area contributed by atoms with Crippen molar-refractivity contribution in [2.24, 2.45) is 0 Å². The summed E-state index contributed by atoms with van der Waals surface area (Å²) in [6, 6.07) is 9.91. The molecule has 5 rings (SSSR count). The summed E-state index contributed by atoms with van der Waals surface area (Å²) in [7, 11) is -3.08. The first kappa shape index (κ1) is 23.0. The van der Waals surface area contributed by atoms with Crippen molar-refractivity contribution in [2.75, 3.05) is 24.6 Å². The van der Waals surface area contributed by atoms with Crippen LogP contribution in [0.15, 0.2) is 30.3 Å². The molecule has 0 aliphatic carbocycles. The van der Waals surface area contributed by atoms with Crippen molar-refractivity contribution in [1.29, 1.82) is 0 Å². The Balaban J connectivity index is 1.67. The second kappa shape index (κ2) is 9.13. The number of fused-ring (bicyclic) bond motifs is 1. The number of benzene rings is 1. The van der Waals surface area contributed by atoms with E-state index in [4.69, 9.17) is 10.1 Å². The van der Waals surface area contributed by atoms with Gasteiger partial charge in [-0.15, -0.1) is 0 Å². The van der Waals surface area contributed by atoms with Crippen molar-refractivity contribution in [3.05, 3.63) is 47.2 Å². The lowest BCUT2D eigenvalue weighted by Gasteiger charge is -2.21. The van der Waals surface area contributed by atoms with Gasteiger partial charge in [0.15, 0.2) is 15.5 Å². The van der Waals surface area contributed by atoms with Crippen LogP contribution in [0.3, 0.4) is 0 Å². The molecule has 0 radical (unpaired) electrons. The van der Waals surface area contributed by atoms with Crippen molar-refractivity contribution in [2.45, 2.75) is 58.4 Å². The summed E-state index contributed by atoms with van der Waals surface area (Å²) >= 11 is 0. The molecule has 2 aliphatic heterocycles. The highest BCUT2D eigenvalue weighted by Gasteiger charge is 2.33. The Hall–Kier alpha value is -2.74. The number of amides is 1. The molecule has 3 aromatic rings. The van der Waals surface area contributed by atoms with Crippen molar-refractivity contribution in [3.8, 4) is 11.3 Å². The minimum absolute atomic E-state index is 0.0161. The van der Waals surface area contributed by atoms with Crippen molar-refractivity contribution in [3.63, 3.8) is 0 Å². The lowest BCUT2D eigenvalue weighted by atomic mass is 10.0. The number of aryl methyl sites for hydroxylation is 2. The largest absolute Gasteiger partial charge is 0.339 e. The lowest BCUT2D eigenvalue weighted by Crippen LogP contribution is -2.32. The van der Waals surface area contributed by atoms with E-state index in [9.17, 15) is 13.2 Å². The van der Waals surface area contributed by atoms with Gasteiger partial charge in [0, 0.05) is 18.7 Å². The number of pyridine rings is 1. The SMILES string of the molecule is CCc1ccc(-c2cc(C(=O)N3CCCCCC3)c3c(C)nn(C4CCS(=O)(=O)C4)c3n2)cc1. The average Bonchev–Trinajstić information content (AvgIpc) is 3.22. The van der Waals surface area contributed by atoms with Gasteiger partial charge < -0.3 is 4.90 Å². The van der Waals surface area contributed by atoms with Crippen molar-refractivity contribution >= 4 is 26.8 Å². The summed E-state index contributed by atoms with van der Waals surface area (Å²) in [4.78, 5) is 20.7. The standard InChI is InChI=1S/C26H32N4O3S/c1-3-19-8-10-20(11-9-19)23-16-22(26(31)29-13-6-4-5-7-14-29)24-18(2)28-30(25(24)27-23)21-12-15-34(32,33)17-21/h8-11,16,21H,3-7,12-15,17H2,1-2H3. The van der Waals surface area contributed by atoms with Gasteiger partial charge in [0.1, 0.15) is 0 Å². The van der Waals surface area contributed by atoms with E-state index in [1.807, 2.05) is 30.0 Å². The molecule has 180 valence electrons. The molecule has 2 saturated heterocycles. The van der Waals surface area contributed by atoms with Crippen LogP contribution in [0.4, 0.5) is 0 Å². The lowest BCUT2D eigenvalue weighted by molar-refractivity contribution is 0.0763. The number of hydrogen-bond donors (Lipinski definition) is 0. The topological polar surface area (TPSA) is 85.2 Å². The zero-order valence-electron chi connectivity index (χ0n) is 20.0. The van der Waals surface area contributed by atoms with Gasteiger partial charge in [-0.25, -0.2) is 18.1 Å². The van der Waals surface area contributed by atoms with Crippen LogP contribution in [-0.4, -0.2) is 58.6 Å². The van der Waals surface area contributed by atoms with Crippen LogP contribution in [0.5, 0.6) is 0 Å². The van der Waals surface area contributed by atoms with Crippen LogP contribution >= 0.6 is 0 Å². The summed E-state index contributed by atoms with van der Waals surface area (Å²) in [6.45, 7) is 5.53. The van der Waals surface area contributed by atoms with E-state index in [1.165, 1.54) is 5.56 Å². The van der Waals surface area contributed by atoms with Crippen LogP contribution in [0.1, 0.15) is 66.7 Å². The Morgan fingerprint density at radius 2 is 1.79 bits per heavy atom. The smallest absolute Gasteiger partial charge is 0.254 e. The Morgan fingerprint density at radius 3 is 2.41 bits per heavy atom. The molecule has 34 heavy (non-hydrogen) atoms. The maximum atomic E-state index is 13.8. The average molecular weight is 481 g/mol. The third-order valence-electron chi connectivity index (χ3n) is 7.17. The molecule has 1 atom stereocenters. The Morgan fingerprint density at radius 1 is 1.09 bits per heavy atom. The molecule has 8 heteroatoms. The minimum atomic E-state index is -3.08. The number of carbonyl (C=O) groups excluding carboxylic acids is 1. The summed E-state index contributed by atoms with van der Waals surface area (Å²) in [6.07, 6.45) is 5.81. The maximum Gasteiger partial charge on any atom is 0.254 e. The van der Waals surface area contributed by atoms with Gasteiger partial charge >= 0.3 is 0 Å². The molecule has 1 unspecified atom stereocenters. The predicted octanol–water partition coefficient (Wildman–Crippen LogP) is 4.34. The molecule has 0 bridgehead atoms. The molecule has 2 aromatic heterocycles. The third kappa shape index (κ3) is 4.35. The second-order valence-corrected chi connectivity index (χ2v) is 11.8. The Labute approximate surface area is 201 Å². The molecule has 2 fully saturated rings. The first-order valence-corrected chi connectivity index (χ1v) is 14.2. The Kier molecular flexibility index (Phi) is 6.18. The quantitative estimate of drug-likeness (QED) is 0.554. The zero-order valence-corrected chi connectivity index (χ0v) is 20.8. The van der Waals surface area contributed by atoms with E-state index in [2.05, 4.69) is 19.1 Å². The number of sulfone groups is 1. The van der Waals surface area contributed by atoms with Gasteiger partial charge in [0.25, 0.3) is 5.91 Å². The minimum Gasteiger partial charge on any atom is -0.339 e. The molecular weight excluding hydrogens is 448 g/mol. The van der Waals surface area contributed by atoms with Crippen LogP contribution in [0.25, 0.3) is 22.3 Å². The van der Waals surface area contributed by atoms with Gasteiger partial charge in [-0.1, -0.05) is 44.0 Å². The maximum absolute atomic E-state index is 13.8. The number of rotatable bonds is 4. The van der Waals surface area contributed by atoms with Gasteiger partial charge in [-0.3, -0.25) is 4.79 Å². The molecule has 0 saturated carbocycles. The van der Waals surface area contributed by atoms with E-state index < -0.39 is 9.84 Å². The summed E-state index contributed by atoms with van der Waals surface area (Å²) in [5.41, 5.74) is 4.84. The highest BCUT2D eigenvalue weighted by atomic mass is 32.2. The third-order valence-corrected chi connectivity index (χ3v) is 8.92. The fourth-order valence-electron chi connectivity index (χ4n) is 5.21. The van der Waals surface area contributed by atoms with Crippen LogP contribution in [0, 0.1) is 6.92 Å². The van der Waals surface area contributed by atoms with Crippen LogP contribution < -0.4 is 0 Å². The van der Waals surface area contributed by atoms with Crippen LogP contribution in [-0.2, 0) is 16.3 Å². The van der Waals surface area contributed by atoms with Crippen LogP contribution in [0.2, 0.25) is 0 Å². The predicted molar refractivity (Wildman–Crippen MR) is 134 cm³/mol. The number of nitrogens with zero attached hydrogens (tertiary/aromatic N) is 4. The summed E-state index contributed by atoms with van der Waals surface area (Å²) in [5, 5.41) is 5.47. The van der Waals surface area contributed by atoms with Crippen molar-refractivity contribution < 1.29 is 13.2 Å². The second-order valence-electron chi connectivity index (χ2n) is 9.60. The van der Waals surface area contributed by atoms with E-state index >= 15 is 0 Å². The molecule has 2 aliphatic rings. The molecule has 1 aromatic carbocycles. The highest BCUT2D eigenvalue weighted by molar-refractivity contribution is 7.91. The summed E-state index contributed by atoms with van der Waals surface area (Å²) < 4.78 is 26.2. The number of hydrogen-bond acceptors (Lipinski definition) is 5. The molecule has 0 spiro atoms. The van der Waals surface area contributed by atoms with Gasteiger partial charge in [-0.05, 0) is 44.2 Å². The van der Waals surface area contributed by atoms with Gasteiger partial charge in [-0.2, -0.15) is 5.10 Å². The Bertz CT molecular complexity index is 1320. The number of carbonyl (C=O) groups is 1. The normalized spacial score (nSPS) is 20.5. The zero-order chi connectivity index (χ0) is 23.9. The summed E-state index contributed by atoms with van der Waals surface area (Å²) in [5.74, 6) is 0.244. The fraction of sp³-hybridized carbons (Fsp3) is 0.500. The molecule has 1 amide bonds. The van der Waals surface area contributed by atoms with E-state index in [-0.39, 0.29) is 23.5 Å². The number of likely N-dealkylation sites (tertiary alicyclic amines) is 1. The van der Waals surface area contributed by atoms with E-state index in [0.29, 0.717) is 17.6 Å². The molecule has 0 N–H and O–H groups in total. The first-order valence-electron chi connectivity index (χ1n) is 12.3. The fourth-order valence-corrected chi connectivity index (χ4v) is 6.90. The first-order chi connectivity index (χ1) is 16.4. The van der Waals surface area contributed by atoms with E-state index in [0.717, 1.165) is 67.5 Å². The molecule has 4 heterocycles. The van der Waals surface area contributed by atoms with Gasteiger partial charge in [0.2, 0.25) is 0 Å². The molecule has 7 nitrogen and oxygen atoms in total.